The molecule has 1 aromatic carbocycles. The first kappa shape index (κ1) is 12.1. The maximum absolute atomic E-state index is 5.69. The van der Waals surface area contributed by atoms with Crippen LogP contribution >= 0.6 is 11.3 Å². The Morgan fingerprint density at radius 1 is 1.12 bits per heavy atom. The Morgan fingerprint density at radius 2 is 1.76 bits per heavy atom. The molecule has 0 spiro atoms. The summed E-state index contributed by atoms with van der Waals surface area (Å²) in [5.41, 5.74) is 9.55. The Balaban J connectivity index is 1.99. The van der Waals surface area contributed by atoms with Gasteiger partial charge in [0.25, 0.3) is 0 Å². The summed E-state index contributed by atoms with van der Waals surface area (Å²) < 4.78 is 0. The largest absolute Gasteiger partial charge is 0.375 e. The molecule has 0 bridgehead atoms. The van der Waals surface area contributed by atoms with Crippen molar-refractivity contribution < 1.29 is 0 Å². The van der Waals surface area contributed by atoms with Crippen molar-refractivity contribution in [2.24, 2.45) is 0 Å². The van der Waals surface area contributed by atoms with E-state index in [1.165, 1.54) is 16.0 Å². The molecule has 3 heteroatoms. The van der Waals surface area contributed by atoms with Gasteiger partial charge < -0.3 is 5.73 Å². The van der Waals surface area contributed by atoms with Gasteiger partial charge in [0.15, 0.2) is 5.13 Å². The summed E-state index contributed by atoms with van der Waals surface area (Å²) in [6.45, 7) is 4.21. The average molecular weight is 246 g/mol. The summed E-state index contributed by atoms with van der Waals surface area (Å²) in [4.78, 5) is 5.55. The van der Waals surface area contributed by atoms with Crippen LogP contribution in [-0.2, 0) is 19.3 Å². The second-order valence-corrected chi connectivity index (χ2v) is 5.35. The van der Waals surface area contributed by atoms with Crippen molar-refractivity contribution in [1.29, 1.82) is 0 Å². The van der Waals surface area contributed by atoms with Gasteiger partial charge in [0, 0.05) is 4.88 Å². The van der Waals surface area contributed by atoms with E-state index in [0.29, 0.717) is 5.13 Å². The minimum Gasteiger partial charge on any atom is -0.375 e. The van der Waals surface area contributed by atoms with Crippen molar-refractivity contribution in [3.05, 3.63) is 46.0 Å². The molecule has 0 aliphatic carbocycles. The van der Waals surface area contributed by atoms with Gasteiger partial charge in [0.2, 0.25) is 0 Å². The molecule has 2 aromatic rings. The van der Waals surface area contributed by atoms with Crippen molar-refractivity contribution in [2.45, 2.75) is 33.1 Å². The summed E-state index contributed by atoms with van der Waals surface area (Å²) in [5.74, 6) is 0. The number of nitrogen functional groups attached to an aromatic ring is 1. The highest BCUT2D eigenvalue weighted by Crippen LogP contribution is 2.21. The van der Waals surface area contributed by atoms with E-state index < -0.39 is 0 Å². The summed E-state index contributed by atoms with van der Waals surface area (Å²) in [5, 5.41) is 0.679. The first-order chi connectivity index (χ1) is 8.19. The van der Waals surface area contributed by atoms with E-state index in [1.807, 2.05) is 6.92 Å². The number of aryl methyl sites for hydroxylation is 4. The molecule has 2 N–H and O–H groups in total. The smallest absolute Gasteiger partial charge is 0.180 e. The van der Waals surface area contributed by atoms with Crippen LogP contribution in [0.5, 0.6) is 0 Å². The highest BCUT2D eigenvalue weighted by atomic mass is 32.1. The topological polar surface area (TPSA) is 38.9 Å². The van der Waals surface area contributed by atoms with Gasteiger partial charge in [-0.05, 0) is 37.3 Å². The second-order valence-electron chi connectivity index (χ2n) is 4.23. The van der Waals surface area contributed by atoms with E-state index in [4.69, 9.17) is 5.73 Å². The SMILES string of the molecule is CCc1ccc(CCc2sc(N)nc2C)cc1. The molecule has 2 rings (SSSR count). The van der Waals surface area contributed by atoms with Crippen LogP contribution in [0.25, 0.3) is 0 Å². The lowest BCUT2D eigenvalue weighted by molar-refractivity contribution is 0.959. The number of aromatic nitrogens is 1. The molecule has 0 amide bonds. The van der Waals surface area contributed by atoms with Crippen molar-refractivity contribution in [3.63, 3.8) is 0 Å². The number of nitrogens with two attached hydrogens (primary N) is 1. The number of hydrogen-bond donors (Lipinski definition) is 1. The molecule has 2 nitrogen and oxygen atoms in total. The van der Waals surface area contributed by atoms with Crippen LogP contribution in [0, 0.1) is 6.92 Å². The number of anilines is 1. The normalized spacial score (nSPS) is 10.7. The van der Waals surface area contributed by atoms with Crippen LogP contribution in [0.2, 0.25) is 0 Å². The Kier molecular flexibility index (Phi) is 3.79. The molecule has 0 unspecified atom stereocenters. The fourth-order valence-electron chi connectivity index (χ4n) is 1.88. The van der Waals surface area contributed by atoms with Crippen molar-refractivity contribution in [2.75, 3.05) is 5.73 Å². The molecule has 17 heavy (non-hydrogen) atoms. The van der Waals surface area contributed by atoms with Gasteiger partial charge in [-0.25, -0.2) is 4.98 Å². The van der Waals surface area contributed by atoms with Gasteiger partial charge >= 0.3 is 0 Å². The molecule has 0 saturated heterocycles. The fourth-order valence-corrected chi connectivity index (χ4v) is 2.71. The number of thiazole rings is 1. The lowest BCUT2D eigenvalue weighted by Gasteiger charge is -2.02. The van der Waals surface area contributed by atoms with Crippen molar-refractivity contribution in [1.82, 2.24) is 4.98 Å². The Labute approximate surface area is 107 Å². The lowest BCUT2D eigenvalue weighted by Crippen LogP contribution is -1.91. The molecule has 0 fully saturated rings. The molecule has 0 atom stereocenters. The van der Waals surface area contributed by atoms with E-state index in [1.54, 1.807) is 11.3 Å². The fraction of sp³-hybridized carbons (Fsp3) is 0.357. The van der Waals surface area contributed by atoms with E-state index in [0.717, 1.165) is 25.0 Å². The zero-order chi connectivity index (χ0) is 12.3. The van der Waals surface area contributed by atoms with Gasteiger partial charge in [0.05, 0.1) is 5.69 Å². The van der Waals surface area contributed by atoms with Gasteiger partial charge in [0.1, 0.15) is 0 Å². The molecular weight excluding hydrogens is 228 g/mol. The zero-order valence-corrected chi connectivity index (χ0v) is 11.2. The predicted octanol–water partition coefficient (Wildman–Crippen LogP) is 3.38. The summed E-state index contributed by atoms with van der Waals surface area (Å²) in [6, 6.07) is 8.86. The van der Waals surface area contributed by atoms with E-state index in [9.17, 15) is 0 Å². The predicted molar refractivity (Wildman–Crippen MR) is 74.5 cm³/mol. The van der Waals surface area contributed by atoms with Crippen LogP contribution in [0.3, 0.4) is 0 Å². The minimum atomic E-state index is 0.679. The van der Waals surface area contributed by atoms with Crippen molar-refractivity contribution >= 4 is 16.5 Å². The molecule has 90 valence electrons. The average Bonchev–Trinajstić information content (AvgIpc) is 2.66. The number of benzene rings is 1. The first-order valence-electron chi connectivity index (χ1n) is 5.98. The zero-order valence-electron chi connectivity index (χ0n) is 10.4. The molecule has 0 aliphatic rings. The second kappa shape index (κ2) is 5.32. The van der Waals surface area contributed by atoms with Gasteiger partial charge in [-0.1, -0.05) is 31.2 Å². The number of hydrogen-bond acceptors (Lipinski definition) is 3. The standard InChI is InChI=1S/C14H18N2S/c1-3-11-4-6-12(7-5-11)8-9-13-10(2)16-14(15)17-13/h4-7H,3,8-9H2,1-2H3,(H2,15,16). The number of nitrogens with zero attached hydrogens (tertiary/aromatic N) is 1. The van der Waals surface area contributed by atoms with Crippen molar-refractivity contribution in [3.8, 4) is 0 Å². The van der Waals surface area contributed by atoms with E-state index in [-0.39, 0.29) is 0 Å². The van der Waals surface area contributed by atoms with Gasteiger partial charge in [-0.2, -0.15) is 0 Å². The molecule has 1 aromatic heterocycles. The van der Waals surface area contributed by atoms with E-state index in [2.05, 4.69) is 36.2 Å². The Bertz CT molecular complexity index is 485. The third kappa shape index (κ3) is 3.07. The highest BCUT2D eigenvalue weighted by molar-refractivity contribution is 7.15. The minimum absolute atomic E-state index is 0.679. The highest BCUT2D eigenvalue weighted by Gasteiger charge is 2.05. The Hall–Kier alpha value is -1.35. The maximum Gasteiger partial charge on any atom is 0.180 e. The molecule has 0 saturated carbocycles. The lowest BCUT2D eigenvalue weighted by atomic mass is 10.1. The molecular formula is C14H18N2S. The van der Waals surface area contributed by atoms with Crippen LogP contribution in [0.1, 0.15) is 28.6 Å². The number of rotatable bonds is 4. The molecule has 0 aliphatic heterocycles. The first-order valence-corrected chi connectivity index (χ1v) is 6.80. The monoisotopic (exact) mass is 246 g/mol. The maximum atomic E-state index is 5.69. The van der Waals surface area contributed by atoms with Crippen LogP contribution in [-0.4, -0.2) is 4.98 Å². The van der Waals surface area contributed by atoms with Crippen LogP contribution in [0.15, 0.2) is 24.3 Å². The quantitative estimate of drug-likeness (QED) is 0.898. The third-order valence-electron chi connectivity index (χ3n) is 2.98. The molecule has 0 radical (unpaired) electrons. The molecule has 1 heterocycles. The summed E-state index contributed by atoms with van der Waals surface area (Å²) in [7, 11) is 0. The van der Waals surface area contributed by atoms with E-state index >= 15 is 0 Å². The van der Waals surface area contributed by atoms with Gasteiger partial charge in [-0.3, -0.25) is 0 Å². The van der Waals surface area contributed by atoms with Gasteiger partial charge in [-0.15, -0.1) is 11.3 Å². The third-order valence-corrected chi connectivity index (χ3v) is 4.03. The summed E-state index contributed by atoms with van der Waals surface area (Å²) in [6.07, 6.45) is 3.20. The van der Waals surface area contributed by atoms with Crippen LogP contribution in [0.4, 0.5) is 5.13 Å². The Morgan fingerprint density at radius 3 is 2.29 bits per heavy atom. The summed E-state index contributed by atoms with van der Waals surface area (Å²) >= 11 is 1.61. The van der Waals surface area contributed by atoms with Crippen LogP contribution < -0.4 is 5.73 Å².